The maximum absolute atomic E-state index is 14.3. The number of rotatable bonds is 4. The Labute approximate surface area is 219 Å². The van der Waals surface area contributed by atoms with Crippen molar-refractivity contribution in [2.24, 2.45) is 0 Å². The Morgan fingerprint density at radius 3 is 2.76 bits per heavy atom. The summed E-state index contributed by atoms with van der Waals surface area (Å²) in [5, 5.41) is 12.3. The van der Waals surface area contributed by atoms with Crippen LogP contribution < -0.4 is 11.1 Å². The van der Waals surface area contributed by atoms with Crippen molar-refractivity contribution in [1.82, 2.24) is 24.3 Å². The van der Waals surface area contributed by atoms with Crippen molar-refractivity contribution in [1.29, 1.82) is 0 Å². The fourth-order valence-corrected chi connectivity index (χ4v) is 4.83. The van der Waals surface area contributed by atoms with Crippen LogP contribution in [0.25, 0.3) is 17.2 Å². The van der Waals surface area contributed by atoms with E-state index in [1.807, 2.05) is 0 Å². The molecule has 6 rings (SSSR count). The number of anilines is 2. The molecule has 190 valence electrons. The van der Waals surface area contributed by atoms with Gasteiger partial charge in [-0.25, -0.2) is 28.7 Å². The highest BCUT2D eigenvalue weighted by Crippen LogP contribution is 2.46. The first-order valence-electron chi connectivity index (χ1n) is 11.4. The van der Waals surface area contributed by atoms with E-state index in [9.17, 15) is 18.7 Å². The van der Waals surface area contributed by atoms with E-state index < -0.39 is 27.9 Å². The minimum Gasteiger partial charge on any atom is -0.506 e. The standard InChI is InChI=1S/C26H18ClF2N7O2/c1-26(13-9-15(29)20(27)18(37)10-13)19-21(30)33-22(34-23(19)35-25(26)38)17-11-36-6-5-31-24(36)16(32-17)8-12-3-2-4-14(28)7-12/h2-7,9-11,37H,8H2,1H3,(H3,30,33,34,35,38)/t26-/m1/s1. The molecule has 5 aromatic rings. The lowest BCUT2D eigenvalue weighted by molar-refractivity contribution is -0.119. The van der Waals surface area contributed by atoms with E-state index in [0.717, 1.165) is 6.07 Å². The van der Waals surface area contributed by atoms with E-state index in [0.29, 0.717) is 29.0 Å². The lowest BCUT2D eigenvalue weighted by Crippen LogP contribution is -2.33. The van der Waals surface area contributed by atoms with E-state index in [-0.39, 0.29) is 34.4 Å². The molecule has 9 nitrogen and oxygen atoms in total. The zero-order valence-electron chi connectivity index (χ0n) is 19.7. The van der Waals surface area contributed by atoms with Crippen molar-refractivity contribution in [2.75, 3.05) is 11.1 Å². The molecule has 0 radical (unpaired) electrons. The molecule has 0 fully saturated rings. The Balaban J connectivity index is 1.47. The minimum absolute atomic E-state index is 0.0279. The molecule has 4 N–H and O–H groups in total. The van der Waals surface area contributed by atoms with Crippen LogP contribution in [0.5, 0.6) is 5.75 Å². The molecule has 0 spiro atoms. The number of nitrogens with zero attached hydrogens (tertiary/aromatic N) is 5. The highest BCUT2D eigenvalue weighted by molar-refractivity contribution is 6.32. The average molecular weight is 534 g/mol. The van der Waals surface area contributed by atoms with Gasteiger partial charge in [0.2, 0.25) is 5.91 Å². The molecule has 0 bridgehead atoms. The molecular formula is C26H18ClF2N7O2. The van der Waals surface area contributed by atoms with Gasteiger partial charge in [0.25, 0.3) is 0 Å². The van der Waals surface area contributed by atoms with Crippen LogP contribution in [0.4, 0.5) is 20.4 Å². The number of hydrogen-bond acceptors (Lipinski definition) is 7. The molecule has 3 aromatic heterocycles. The van der Waals surface area contributed by atoms with Gasteiger partial charge in [-0.2, -0.15) is 0 Å². The lowest BCUT2D eigenvalue weighted by atomic mass is 9.77. The van der Waals surface area contributed by atoms with Crippen LogP contribution in [0.2, 0.25) is 5.02 Å². The predicted molar refractivity (Wildman–Crippen MR) is 136 cm³/mol. The van der Waals surface area contributed by atoms with Crippen LogP contribution in [0.15, 0.2) is 55.0 Å². The SMILES string of the molecule is C[C@]1(c2cc(O)c(Cl)c(F)c2)C(=O)Nc2nc(-c3cn4ccnc4c(Cc4cccc(F)c4)n3)nc(N)c21. The molecule has 1 amide bonds. The molecule has 12 heteroatoms. The Bertz CT molecular complexity index is 1770. The second-order valence-electron chi connectivity index (χ2n) is 9.06. The third-order valence-electron chi connectivity index (χ3n) is 6.64. The van der Waals surface area contributed by atoms with Crippen LogP contribution in [0, 0.1) is 11.6 Å². The number of carbonyl (C=O) groups is 1. The van der Waals surface area contributed by atoms with E-state index in [1.54, 1.807) is 35.1 Å². The Hall–Kier alpha value is -4.64. The van der Waals surface area contributed by atoms with Crippen molar-refractivity contribution in [2.45, 2.75) is 18.8 Å². The number of nitrogens with two attached hydrogens (primary N) is 1. The summed E-state index contributed by atoms with van der Waals surface area (Å²) in [4.78, 5) is 31.1. The van der Waals surface area contributed by atoms with Gasteiger partial charge in [0.15, 0.2) is 11.5 Å². The summed E-state index contributed by atoms with van der Waals surface area (Å²) in [5.41, 5.74) is 7.40. The van der Waals surface area contributed by atoms with Gasteiger partial charge in [-0.3, -0.25) is 4.79 Å². The van der Waals surface area contributed by atoms with E-state index in [1.165, 1.54) is 25.1 Å². The van der Waals surface area contributed by atoms with Crippen LogP contribution >= 0.6 is 11.6 Å². The molecule has 1 aliphatic heterocycles. The second-order valence-corrected chi connectivity index (χ2v) is 9.44. The number of phenolic OH excluding ortho intramolecular Hbond substituents is 1. The molecule has 0 saturated heterocycles. The summed E-state index contributed by atoms with van der Waals surface area (Å²) >= 11 is 5.76. The topological polar surface area (TPSA) is 131 Å². The van der Waals surface area contributed by atoms with Gasteiger partial charge in [-0.15, -0.1) is 0 Å². The number of halogens is 3. The summed E-state index contributed by atoms with van der Waals surface area (Å²) in [6.45, 7) is 1.53. The van der Waals surface area contributed by atoms with Gasteiger partial charge < -0.3 is 20.6 Å². The Morgan fingerprint density at radius 1 is 1.18 bits per heavy atom. The molecular weight excluding hydrogens is 516 g/mol. The number of aromatic hydroxyl groups is 1. The molecule has 2 aromatic carbocycles. The highest BCUT2D eigenvalue weighted by atomic mass is 35.5. The Morgan fingerprint density at radius 2 is 2.00 bits per heavy atom. The van der Waals surface area contributed by atoms with Crippen LogP contribution in [-0.4, -0.2) is 35.4 Å². The lowest BCUT2D eigenvalue weighted by Gasteiger charge is -2.24. The number of hydrogen-bond donors (Lipinski definition) is 3. The summed E-state index contributed by atoms with van der Waals surface area (Å²) in [6.07, 6.45) is 5.31. The van der Waals surface area contributed by atoms with Gasteiger partial charge in [-0.05, 0) is 42.3 Å². The second kappa shape index (κ2) is 8.45. The molecule has 4 heterocycles. The number of phenols is 1. The molecule has 1 atom stereocenters. The maximum Gasteiger partial charge on any atom is 0.240 e. The number of nitrogen functional groups attached to an aromatic ring is 1. The summed E-state index contributed by atoms with van der Waals surface area (Å²) in [7, 11) is 0. The number of aromatic nitrogens is 5. The van der Waals surface area contributed by atoms with E-state index in [2.05, 4.69) is 25.3 Å². The van der Waals surface area contributed by atoms with E-state index >= 15 is 0 Å². The number of fused-ring (bicyclic) bond motifs is 2. The maximum atomic E-state index is 14.3. The summed E-state index contributed by atoms with van der Waals surface area (Å²) < 4.78 is 29.9. The fraction of sp³-hybridized carbons (Fsp3) is 0.115. The zero-order valence-corrected chi connectivity index (χ0v) is 20.5. The first-order chi connectivity index (χ1) is 18.1. The first-order valence-corrected chi connectivity index (χ1v) is 11.8. The molecule has 0 aliphatic carbocycles. The fourth-order valence-electron chi connectivity index (χ4n) is 4.72. The summed E-state index contributed by atoms with van der Waals surface area (Å²) in [5.74, 6) is -2.05. The van der Waals surface area contributed by atoms with Crippen molar-refractivity contribution < 1.29 is 18.7 Å². The molecule has 38 heavy (non-hydrogen) atoms. The number of imidazole rings is 1. The molecule has 1 aliphatic rings. The largest absolute Gasteiger partial charge is 0.506 e. The van der Waals surface area contributed by atoms with Crippen LogP contribution in [-0.2, 0) is 16.6 Å². The molecule has 0 saturated carbocycles. The third kappa shape index (κ3) is 3.62. The summed E-state index contributed by atoms with van der Waals surface area (Å²) in [6, 6.07) is 8.47. The number of carbonyl (C=O) groups excluding carboxylic acids is 1. The van der Waals surface area contributed by atoms with Crippen molar-refractivity contribution in [3.05, 3.63) is 94.0 Å². The first kappa shape index (κ1) is 23.7. The number of nitrogens with one attached hydrogen (secondary N) is 1. The van der Waals surface area contributed by atoms with Gasteiger partial charge in [0, 0.05) is 25.0 Å². The Kier molecular flexibility index (Phi) is 5.28. The van der Waals surface area contributed by atoms with Gasteiger partial charge >= 0.3 is 0 Å². The zero-order chi connectivity index (χ0) is 26.8. The van der Waals surface area contributed by atoms with Crippen molar-refractivity contribution in [3.8, 4) is 17.3 Å². The van der Waals surface area contributed by atoms with Crippen molar-refractivity contribution in [3.63, 3.8) is 0 Å². The molecule has 0 unspecified atom stereocenters. The smallest absolute Gasteiger partial charge is 0.240 e. The van der Waals surface area contributed by atoms with E-state index in [4.69, 9.17) is 17.3 Å². The quantitative estimate of drug-likeness (QED) is 0.314. The average Bonchev–Trinajstić information content (AvgIpc) is 3.45. The number of amides is 1. The highest BCUT2D eigenvalue weighted by Gasteiger charge is 2.48. The van der Waals surface area contributed by atoms with Gasteiger partial charge in [-0.1, -0.05) is 23.7 Å². The third-order valence-corrected chi connectivity index (χ3v) is 7.02. The van der Waals surface area contributed by atoms with Crippen molar-refractivity contribution >= 4 is 34.8 Å². The van der Waals surface area contributed by atoms with Gasteiger partial charge in [0.05, 0.1) is 11.3 Å². The normalized spacial score (nSPS) is 16.6. The monoisotopic (exact) mass is 533 g/mol. The predicted octanol–water partition coefficient (Wildman–Crippen LogP) is 4.25. The van der Waals surface area contributed by atoms with Gasteiger partial charge in [0.1, 0.15) is 45.2 Å². The minimum atomic E-state index is -1.49. The number of benzene rings is 2. The van der Waals surface area contributed by atoms with Crippen LogP contribution in [0.1, 0.15) is 29.3 Å². The van der Waals surface area contributed by atoms with Crippen LogP contribution in [0.3, 0.4) is 0 Å².